The van der Waals surface area contributed by atoms with Gasteiger partial charge < -0.3 is 5.32 Å². The number of carbonyl (C=O) groups excluding carboxylic acids is 2. The molecule has 2 aromatic carbocycles. The number of nitrogens with one attached hydrogen (secondary N) is 1. The molecule has 1 aromatic heterocycles. The number of benzene rings is 2. The van der Waals surface area contributed by atoms with Gasteiger partial charge in [0.05, 0.1) is 11.7 Å². The van der Waals surface area contributed by atoms with Gasteiger partial charge in [-0.15, -0.1) is 0 Å². The van der Waals surface area contributed by atoms with Crippen molar-refractivity contribution in [2.75, 3.05) is 0 Å². The van der Waals surface area contributed by atoms with Crippen molar-refractivity contribution in [1.29, 1.82) is 0 Å². The number of rotatable bonds is 7. The predicted molar refractivity (Wildman–Crippen MR) is 97.9 cm³/mol. The van der Waals surface area contributed by atoms with E-state index in [1.807, 2.05) is 49.4 Å². The number of nitrogens with zero attached hydrogens (tertiary/aromatic N) is 3. The van der Waals surface area contributed by atoms with Gasteiger partial charge in [0.25, 0.3) is 0 Å². The molecule has 3 rings (SSSR count). The summed E-state index contributed by atoms with van der Waals surface area (Å²) in [6.07, 6.45) is 3.49. The Balaban J connectivity index is 1.51. The summed E-state index contributed by atoms with van der Waals surface area (Å²) in [7, 11) is 0. The molecule has 0 radical (unpaired) electrons. The standard InChI is InChI=1S/C20H20N4O2/c1-15(16-7-9-18(10-8-16)24-14-21-13-22-24)23-20(26)12-11-19(25)17-5-3-2-4-6-17/h2-10,13-15H,11-12H2,1H3,(H,23,26). The summed E-state index contributed by atoms with van der Waals surface area (Å²) in [4.78, 5) is 28.1. The number of carbonyl (C=O) groups is 2. The van der Waals surface area contributed by atoms with Crippen LogP contribution in [0, 0.1) is 0 Å². The number of hydrogen-bond acceptors (Lipinski definition) is 4. The normalized spacial score (nSPS) is 11.7. The Bertz CT molecular complexity index is 859. The van der Waals surface area contributed by atoms with E-state index < -0.39 is 0 Å². The van der Waals surface area contributed by atoms with Gasteiger partial charge in [-0.2, -0.15) is 5.10 Å². The molecule has 26 heavy (non-hydrogen) atoms. The molecule has 0 aliphatic heterocycles. The maximum absolute atomic E-state index is 12.1. The first-order valence-electron chi connectivity index (χ1n) is 8.46. The van der Waals surface area contributed by atoms with E-state index in [1.165, 1.54) is 6.33 Å². The Morgan fingerprint density at radius 3 is 2.42 bits per heavy atom. The summed E-state index contributed by atoms with van der Waals surface area (Å²) in [6, 6.07) is 16.6. The Kier molecular flexibility index (Phi) is 5.53. The fourth-order valence-electron chi connectivity index (χ4n) is 2.65. The Morgan fingerprint density at radius 2 is 1.77 bits per heavy atom. The molecule has 0 aliphatic rings. The molecule has 6 heteroatoms. The van der Waals surface area contributed by atoms with Crippen LogP contribution in [0.4, 0.5) is 0 Å². The van der Waals surface area contributed by atoms with Crippen LogP contribution in [0.2, 0.25) is 0 Å². The Morgan fingerprint density at radius 1 is 1.04 bits per heavy atom. The largest absolute Gasteiger partial charge is 0.350 e. The van der Waals surface area contributed by atoms with Crippen LogP contribution in [0.1, 0.15) is 41.7 Å². The highest BCUT2D eigenvalue weighted by Crippen LogP contribution is 2.15. The summed E-state index contributed by atoms with van der Waals surface area (Å²) in [5.41, 5.74) is 2.52. The van der Waals surface area contributed by atoms with Crippen LogP contribution in [0.15, 0.2) is 67.3 Å². The first-order chi connectivity index (χ1) is 12.6. The predicted octanol–water partition coefficient (Wildman–Crippen LogP) is 3.11. The molecule has 0 saturated heterocycles. The van der Waals surface area contributed by atoms with Gasteiger partial charge in [0.15, 0.2) is 5.78 Å². The third kappa shape index (κ3) is 4.42. The van der Waals surface area contributed by atoms with Crippen molar-refractivity contribution in [2.45, 2.75) is 25.8 Å². The number of Topliss-reactive ketones (excluding diaryl/α,β-unsaturated/α-hetero) is 1. The molecular weight excluding hydrogens is 328 g/mol. The molecule has 1 atom stereocenters. The van der Waals surface area contributed by atoms with Crippen molar-refractivity contribution in [3.05, 3.63) is 78.4 Å². The number of ketones is 1. The minimum atomic E-state index is -0.140. The van der Waals surface area contributed by atoms with E-state index in [9.17, 15) is 9.59 Å². The van der Waals surface area contributed by atoms with Crippen LogP contribution in [0.5, 0.6) is 0 Å². The molecule has 0 fully saturated rings. The van der Waals surface area contributed by atoms with E-state index in [1.54, 1.807) is 23.1 Å². The first kappa shape index (κ1) is 17.5. The molecular formula is C20H20N4O2. The summed E-state index contributed by atoms with van der Waals surface area (Å²) >= 11 is 0. The van der Waals surface area contributed by atoms with Crippen molar-refractivity contribution in [1.82, 2.24) is 20.1 Å². The van der Waals surface area contributed by atoms with Crippen molar-refractivity contribution in [2.24, 2.45) is 0 Å². The smallest absolute Gasteiger partial charge is 0.220 e. The fraction of sp³-hybridized carbons (Fsp3) is 0.200. The van der Waals surface area contributed by atoms with E-state index in [0.29, 0.717) is 5.56 Å². The maximum atomic E-state index is 12.1. The van der Waals surface area contributed by atoms with Crippen molar-refractivity contribution < 1.29 is 9.59 Å². The van der Waals surface area contributed by atoms with Gasteiger partial charge in [-0.25, -0.2) is 9.67 Å². The lowest BCUT2D eigenvalue weighted by Gasteiger charge is -2.15. The molecule has 1 amide bonds. The highest BCUT2D eigenvalue weighted by molar-refractivity contribution is 5.97. The summed E-state index contributed by atoms with van der Waals surface area (Å²) in [5.74, 6) is -0.160. The zero-order valence-electron chi connectivity index (χ0n) is 14.5. The lowest BCUT2D eigenvalue weighted by molar-refractivity contribution is -0.121. The van der Waals surface area contributed by atoms with Gasteiger partial charge in [0.1, 0.15) is 12.7 Å². The zero-order valence-corrected chi connectivity index (χ0v) is 14.5. The van der Waals surface area contributed by atoms with Crippen LogP contribution in [0.25, 0.3) is 5.69 Å². The molecule has 0 spiro atoms. The van der Waals surface area contributed by atoms with Crippen molar-refractivity contribution in [3.8, 4) is 5.69 Å². The van der Waals surface area contributed by atoms with Crippen LogP contribution < -0.4 is 5.32 Å². The average Bonchev–Trinajstić information content (AvgIpc) is 3.21. The summed E-state index contributed by atoms with van der Waals surface area (Å²) in [6.45, 7) is 1.92. The van der Waals surface area contributed by atoms with Gasteiger partial charge in [-0.05, 0) is 24.6 Å². The molecule has 0 bridgehead atoms. The fourth-order valence-corrected chi connectivity index (χ4v) is 2.65. The third-order valence-electron chi connectivity index (χ3n) is 4.13. The topological polar surface area (TPSA) is 76.9 Å². The maximum Gasteiger partial charge on any atom is 0.220 e. The van der Waals surface area contributed by atoms with Gasteiger partial charge in [-0.3, -0.25) is 9.59 Å². The van der Waals surface area contributed by atoms with Gasteiger partial charge in [0, 0.05) is 18.4 Å². The van der Waals surface area contributed by atoms with Crippen LogP contribution in [-0.4, -0.2) is 26.5 Å². The van der Waals surface area contributed by atoms with Crippen molar-refractivity contribution in [3.63, 3.8) is 0 Å². The van der Waals surface area contributed by atoms with Crippen LogP contribution in [-0.2, 0) is 4.79 Å². The minimum absolute atomic E-state index is 0.0226. The second kappa shape index (κ2) is 8.20. The quantitative estimate of drug-likeness (QED) is 0.666. The number of amides is 1. The number of aromatic nitrogens is 3. The summed E-state index contributed by atoms with van der Waals surface area (Å²) in [5, 5.41) is 7.01. The lowest BCUT2D eigenvalue weighted by atomic mass is 10.1. The van der Waals surface area contributed by atoms with E-state index >= 15 is 0 Å². The Hall–Kier alpha value is -3.28. The molecule has 0 aliphatic carbocycles. The van der Waals surface area contributed by atoms with E-state index in [0.717, 1.165) is 11.3 Å². The molecule has 132 valence electrons. The monoisotopic (exact) mass is 348 g/mol. The van der Waals surface area contributed by atoms with E-state index in [-0.39, 0.29) is 30.6 Å². The van der Waals surface area contributed by atoms with Gasteiger partial charge in [-0.1, -0.05) is 42.5 Å². The molecule has 3 aromatic rings. The SMILES string of the molecule is CC(NC(=O)CCC(=O)c1ccccc1)c1ccc(-n2cncn2)cc1. The lowest BCUT2D eigenvalue weighted by Crippen LogP contribution is -2.27. The van der Waals surface area contributed by atoms with Crippen molar-refractivity contribution >= 4 is 11.7 Å². The average molecular weight is 348 g/mol. The number of hydrogen-bond donors (Lipinski definition) is 1. The molecule has 1 N–H and O–H groups in total. The molecule has 1 unspecified atom stereocenters. The van der Waals surface area contributed by atoms with Crippen LogP contribution >= 0.6 is 0 Å². The van der Waals surface area contributed by atoms with E-state index in [4.69, 9.17) is 0 Å². The minimum Gasteiger partial charge on any atom is -0.350 e. The molecule has 0 saturated carbocycles. The highest BCUT2D eigenvalue weighted by Gasteiger charge is 2.12. The third-order valence-corrected chi connectivity index (χ3v) is 4.13. The highest BCUT2D eigenvalue weighted by atomic mass is 16.2. The molecule has 6 nitrogen and oxygen atoms in total. The Labute approximate surface area is 151 Å². The van der Waals surface area contributed by atoms with Crippen LogP contribution in [0.3, 0.4) is 0 Å². The molecule has 1 heterocycles. The van der Waals surface area contributed by atoms with Gasteiger partial charge >= 0.3 is 0 Å². The zero-order chi connectivity index (χ0) is 18.4. The first-order valence-corrected chi connectivity index (χ1v) is 8.46. The summed E-state index contributed by atoms with van der Waals surface area (Å²) < 4.78 is 1.67. The van der Waals surface area contributed by atoms with Gasteiger partial charge in [0.2, 0.25) is 5.91 Å². The second-order valence-corrected chi connectivity index (χ2v) is 6.01. The van der Waals surface area contributed by atoms with E-state index in [2.05, 4.69) is 15.4 Å². The second-order valence-electron chi connectivity index (χ2n) is 6.01.